The number of thioether (sulfide) groups is 1. The van der Waals surface area contributed by atoms with E-state index >= 15 is 0 Å². The maximum atomic E-state index is 5.45. The number of methoxy groups -OCH3 is 2. The van der Waals surface area contributed by atoms with E-state index in [1.807, 2.05) is 31.2 Å². The van der Waals surface area contributed by atoms with E-state index in [0.717, 1.165) is 50.8 Å². The van der Waals surface area contributed by atoms with E-state index in [0.29, 0.717) is 11.7 Å². The molecule has 3 rings (SSSR count). The molecule has 0 unspecified atom stereocenters. The average Bonchev–Trinajstić information content (AvgIpc) is 3.12. The van der Waals surface area contributed by atoms with Crippen LogP contribution in [0.25, 0.3) is 10.6 Å². The second-order valence-electron chi connectivity index (χ2n) is 6.86. The van der Waals surface area contributed by atoms with Gasteiger partial charge >= 0.3 is 0 Å². The number of rotatable bonds is 10. The first-order valence-corrected chi connectivity index (χ1v) is 11.4. The summed E-state index contributed by atoms with van der Waals surface area (Å²) in [5.41, 5.74) is 2.62. The molecule has 0 fully saturated rings. The molecule has 0 amide bonds. The fourth-order valence-electron chi connectivity index (χ4n) is 2.78. The predicted molar refractivity (Wildman–Crippen MR) is 125 cm³/mol. The zero-order chi connectivity index (χ0) is 21.5. The topological polar surface area (TPSA) is 72.4 Å². The van der Waals surface area contributed by atoms with Crippen LogP contribution < -0.4 is 14.8 Å². The fourth-order valence-corrected chi connectivity index (χ4v) is 4.93. The van der Waals surface area contributed by atoms with Gasteiger partial charge in [0, 0.05) is 18.0 Å². The molecule has 3 aromatic rings. The second kappa shape index (κ2) is 10.6. The van der Waals surface area contributed by atoms with Gasteiger partial charge in [0.05, 0.1) is 36.2 Å². The molecular weight excluding hydrogens is 418 g/mol. The third-order valence-electron chi connectivity index (χ3n) is 4.30. The first kappa shape index (κ1) is 22.3. The summed E-state index contributed by atoms with van der Waals surface area (Å²) < 4.78 is 11.8. The van der Waals surface area contributed by atoms with Crippen molar-refractivity contribution in [1.82, 2.24) is 19.9 Å². The van der Waals surface area contributed by atoms with Crippen LogP contribution in [-0.4, -0.2) is 60.5 Å². The molecule has 0 radical (unpaired) electrons. The number of nitrogens with zero attached hydrogens (tertiary/aromatic N) is 4. The van der Waals surface area contributed by atoms with Crippen molar-refractivity contribution in [2.24, 2.45) is 0 Å². The van der Waals surface area contributed by atoms with Gasteiger partial charge in [-0.15, -0.1) is 11.3 Å². The van der Waals surface area contributed by atoms with Gasteiger partial charge in [-0.25, -0.2) is 15.0 Å². The summed E-state index contributed by atoms with van der Waals surface area (Å²) in [6.07, 6.45) is 2.89. The van der Waals surface area contributed by atoms with Gasteiger partial charge in [-0.05, 0) is 52.2 Å². The van der Waals surface area contributed by atoms with E-state index in [2.05, 4.69) is 29.3 Å². The van der Waals surface area contributed by atoms with Crippen LogP contribution in [0.15, 0.2) is 34.8 Å². The summed E-state index contributed by atoms with van der Waals surface area (Å²) in [4.78, 5) is 17.0. The molecule has 0 saturated heterocycles. The quantitative estimate of drug-likeness (QED) is 0.355. The summed E-state index contributed by atoms with van der Waals surface area (Å²) >= 11 is 3.48. The van der Waals surface area contributed by atoms with Crippen LogP contribution in [0.1, 0.15) is 12.1 Å². The number of ether oxygens (including phenoxy) is 2. The van der Waals surface area contributed by atoms with E-state index in [-0.39, 0.29) is 0 Å². The molecule has 30 heavy (non-hydrogen) atoms. The minimum absolute atomic E-state index is 0.504. The molecule has 0 atom stereocenters. The van der Waals surface area contributed by atoms with E-state index in [1.165, 1.54) is 0 Å². The summed E-state index contributed by atoms with van der Waals surface area (Å²) in [6.45, 7) is 3.11. The molecule has 2 aromatic heterocycles. The number of hydrogen-bond donors (Lipinski definition) is 1. The average molecular weight is 446 g/mol. The van der Waals surface area contributed by atoms with Crippen LogP contribution in [0.3, 0.4) is 0 Å². The zero-order valence-electron chi connectivity index (χ0n) is 17.9. The lowest BCUT2D eigenvalue weighted by Crippen LogP contribution is -2.13. The summed E-state index contributed by atoms with van der Waals surface area (Å²) in [6, 6.07) is 7.48. The lowest BCUT2D eigenvalue weighted by molar-refractivity contribution is 0.395. The third-order valence-corrected chi connectivity index (χ3v) is 6.70. The van der Waals surface area contributed by atoms with Gasteiger partial charge in [-0.3, -0.25) is 0 Å². The van der Waals surface area contributed by atoms with Crippen molar-refractivity contribution in [1.29, 1.82) is 0 Å². The summed E-state index contributed by atoms with van der Waals surface area (Å²) in [7, 11) is 7.44. The highest BCUT2D eigenvalue weighted by Crippen LogP contribution is 2.35. The first-order valence-electron chi connectivity index (χ1n) is 9.57. The molecule has 0 aliphatic carbocycles. The van der Waals surface area contributed by atoms with Crippen LogP contribution in [0.2, 0.25) is 0 Å². The van der Waals surface area contributed by atoms with Crippen LogP contribution in [0, 0.1) is 6.92 Å². The second-order valence-corrected chi connectivity index (χ2v) is 9.20. The number of aromatic nitrogens is 3. The molecule has 0 spiro atoms. The molecule has 2 heterocycles. The molecule has 160 valence electrons. The van der Waals surface area contributed by atoms with Crippen molar-refractivity contribution in [2.45, 2.75) is 17.7 Å². The van der Waals surface area contributed by atoms with Crippen molar-refractivity contribution in [3.05, 3.63) is 36.2 Å². The van der Waals surface area contributed by atoms with Gasteiger partial charge in [0.1, 0.15) is 11.5 Å². The van der Waals surface area contributed by atoms with Crippen molar-refractivity contribution in [3.63, 3.8) is 0 Å². The van der Waals surface area contributed by atoms with E-state index in [9.17, 15) is 0 Å². The highest BCUT2D eigenvalue weighted by atomic mass is 32.2. The molecular formula is C21H27N5O2S2. The minimum atomic E-state index is 0.504. The van der Waals surface area contributed by atoms with Gasteiger partial charge in [0.15, 0.2) is 4.34 Å². The summed E-state index contributed by atoms with van der Waals surface area (Å²) in [5, 5.41) is 3.24. The van der Waals surface area contributed by atoms with Crippen molar-refractivity contribution >= 4 is 34.7 Å². The number of thiazole rings is 1. The Balaban J connectivity index is 1.74. The molecule has 9 heteroatoms. The van der Waals surface area contributed by atoms with Crippen LogP contribution >= 0.6 is 23.1 Å². The SMILES string of the molecule is COc1ccc(Nc2nccc(-c3sc(SCCCN(C)C)nc3C)n2)c(OC)c1. The van der Waals surface area contributed by atoms with Crippen LogP contribution in [0.5, 0.6) is 11.5 Å². The van der Waals surface area contributed by atoms with Gasteiger partial charge in [-0.2, -0.15) is 0 Å². The predicted octanol–water partition coefficient (Wildman–Crippen LogP) is 4.71. The van der Waals surface area contributed by atoms with Gasteiger partial charge < -0.3 is 19.7 Å². The molecule has 1 N–H and O–H groups in total. The Hall–Kier alpha value is -2.36. The monoisotopic (exact) mass is 445 g/mol. The normalized spacial score (nSPS) is 11.0. The smallest absolute Gasteiger partial charge is 0.227 e. The molecule has 0 bridgehead atoms. The molecule has 7 nitrogen and oxygen atoms in total. The molecule has 0 aliphatic rings. The van der Waals surface area contributed by atoms with Gasteiger partial charge in [-0.1, -0.05) is 11.8 Å². The Morgan fingerprint density at radius 2 is 1.97 bits per heavy atom. The van der Waals surface area contributed by atoms with Crippen molar-refractivity contribution in [3.8, 4) is 22.1 Å². The number of hydrogen-bond acceptors (Lipinski definition) is 9. The standard InChI is InChI=1S/C21H27N5O2S2/c1-14-19(30-21(23-14)29-12-6-11-26(2)3)17-9-10-22-20(25-17)24-16-8-7-15(27-4)13-18(16)28-5/h7-10,13H,6,11-12H2,1-5H3,(H,22,24,25). The van der Waals surface area contributed by atoms with Crippen LogP contribution in [0.4, 0.5) is 11.6 Å². The van der Waals surface area contributed by atoms with Crippen LogP contribution in [-0.2, 0) is 0 Å². The Labute approximate surface area is 185 Å². The Kier molecular flexibility index (Phi) is 7.89. The molecule has 0 aliphatic heterocycles. The summed E-state index contributed by atoms with van der Waals surface area (Å²) in [5.74, 6) is 2.94. The van der Waals surface area contributed by atoms with Gasteiger partial charge in [0.25, 0.3) is 0 Å². The van der Waals surface area contributed by atoms with E-state index in [4.69, 9.17) is 19.4 Å². The van der Waals surface area contributed by atoms with E-state index in [1.54, 1.807) is 43.5 Å². The number of anilines is 2. The lowest BCUT2D eigenvalue weighted by Gasteiger charge is -2.11. The molecule has 0 saturated carbocycles. The zero-order valence-corrected chi connectivity index (χ0v) is 19.6. The minimum Gasteiger partial charge on any atom is -0.497 e. The Morgan fingerprint density at radius 3 is 2.70 bits per heavy atom. The Bertz CT molecular complexity index is 978. The first-order chi connectivity index (χ1) is 14.5. The lowest BCUT2D eigenvalue weighted by atomic mass is 10.2. The maximum absolute atomic E-state index is 5.45. The maximum Gasteiger partial charge on any atom is 0.227 e. The largest absolute Gasteiger partial charge is 0.497 e. The third kappa shape index (κ3) is 5.84. The number of nitrogens with one attached hydrogen (secondary N) is 1. The highest BCUT2D eigenvalue weighted by molar-refractivity contribution is 8.01. The van der Waals surface area contributed by atoms with E-state index < -0.39 is 0 Å². The number of aryl methyl sites for hydroxylation is 1. The molecule has 1 aromatic carbocycles. The highest BCUT2D eigenvalue weighted by Gasteiger charge is 2.13. The number of benzene rings is 1. The van der Waals surface area contributed by atoms with Crippen molar-refractivity contribution in [2.75, 3.05) is 45.9 Å². The van der Waals surface area contributed by atoms with Gasteiger partial charge in [0.2, 0.25) is 5.95 Å². The van der Waals surface area contributed by atoms with Crippen molar-refractivity contribution < 1.29 is 9.47 Å². The fraction of sp³-hybridized carbons (Fsp3) is 0.381. The Morgan fingerprint density at radius 1 is 1.13 bits per heavy atom.